The van der Waals surface area contributed by atoms with Gasteiger partial charge in [0.15, 0.2) is 0 Å². The molecule has 0 saturated heterocycles. The zero-order valence-electron chi connectivity index (χ0n) is 14.4. The summed E-state index contributed by atoms with van der Waals surface area (Å²) in [6.07, 6.45) is 5.97. The largest absolute Gasteiger partial charge is 0.481 e. The molecule has 1 saturated carbocycles. The molecule has 1 heterocycles. The number of aliphatic carboxylic acids is 1. The lowest BCUT2D eigenvalue weighted by atomic mass is 9.88. The number of amides is 1. The Labute approximate surface area is 147 Å². The summed E-state index contributed by atoms with van der Waals surface area (Å²) in [5, 5.41) is 12.2. The number of carbonyl (C=O) groups excluding carboxylic acids is 1. The Morgan fingerprint density at radius 2 is 1.88 bits per heavy atom. The third-order valence-electron chi connectivity index (χ3n) is 4.91. The Bertz CT molecular complexity index is 757. The normalized spacial score (nSPS) is 15.9. The van der Waals surface area contributed by atoms with Gasteiger partial charge in [-0.3, -0.25) is 9.59 Å². The maximum absolute atomic E-state index is 12.9. The predicted molar refractivity (Wildman–Crippen MR) is 93.6 cm³/mol. The maximum Gasteiger partial charge on any atom is 0.311 e. The highest BCUT2D eigenvalue weighted by molar-refractivity contribution is 5.98. The molecule has 5 nitrogen and oxygen atoms in total. The summed E-state index contributed by atoms with van der Waals surface area (Å²) >= 11 is 0. The number of carbonyl (C=O) groups is 2. The minimum atomic E-state index is -1.01. The SMILES string of the molecule is Cc1coc(CC(=O)O)c1C(=O)NC1(Cc2ccccc2)CCCC1. The van der Waals surface area contributed by atoms with Gasteiger partial charge in [0.05, 0.1) is 11.8 Å². The Morgan fingerprint density at radius 3 is 2.52 bits per heavy atom. The molecule has 0 aliphatic heterocycles. The van der Waals surface area contributed by atoms with E-state index in [1.54, 1.807) is 6.92 Å². The summed E-state index contributed by atoms with van der Waals surface area (Å²) in [5.41, 5.74) is 1.95. The van der Waals surface area contributed by atoms with Crippen LogP contribution in [0.15, 0.2) is 41.0 Å². The quantitative estimate of drug-likeness (QED) is 0.843. The van der Waals surface area contributed by atoms with Crippen LogP contribution in [0.3, 0.4) is 0 Å². The number of nitrogens with one attached hydrogen (secondary N) is 1. The molecule has 0 atom stereocenters. The standard InChI is InChI=1S/C20H23NO4/c1-14-13-25-16(11-17(22)23)18(14)19(24)21-20(9-5-6-10-20)12-15-7-3-2-4-8-15/h2-4,7-8,13H,5-6,9-12H2,1H3,(H,21,24)(H,22,23). The molecule has 1 aliphatic carbocycles. The summed E-state index contributed by atoms with van der Waals surface area (Å²) in [4.78, 5) is 23.9. The van der Waals surface area contributed by atoms with Crippen LogP contribution in [0.5, 0.6) is 0 Å². The summed E-state index contributed by atoms with van der Waals surface area (Å²) in [6, 6.07) is 10.1. The number of rotatable bonds is 6. The Morgan fingerprint density at radius 1 is 1.20 bits per heavy atom. The van der Waals surface area contributed by atoms with Crippen LogP contribution in [0.4, 0.5) is 0 Å². The van der Waals surface area contributed by atoms with Crippen molar-refractivity contribution in [2.45, 2.75) is 51.0 Å². The van der Waals surface area contributed by atoms with Gasteiger partial charge in [-0.05, 0) is 31.7 Å². The van der Waals surface area contributed by atoms with Crippen LogP contribution in [-0.2, 0) is 17.6 Å². The number of hydrogen-bond acceptors (Lipinski definition) is 3. The lowest BCUT2D eigenvalue weighted by Crippen LogP contribution is -2.48. The van der Waals surface area contributed by atoms with Crippen LogP contribution in [0, 0.1) is 6.92 Å². The molecule has 25 heavy (non-hydrogen) atoms. The second-order valence-corrected chi connectivity index (χ2v) is 6.89. The average Bonchev–Trinajstić information content (AvgIpc) is 3.15. The van der Waals surface area contributed by atoms with E-state index in [2.05, 4.69) is 17.4 Å². The third-order valence-corrected chi connectivity index (χ3v) is 4.91. The molecule has 1 aromatic heterocycles. The van der Waals surface area contributed by atoms with E-state index in [4.69, 9.17) is 9.52 Å². The second kappa shape index (κ2) is 7.13. The fourth-order valence-electron chi connectivity index (χ4n) is 3.76. The van der Waals surface area contributed by atoms with Crippen molar-refractivity contribution in [2.24, 2.45) is 0 Å². The van der Waals surface area contributed by atoms with Gasteiger partial charge in [-0.2, -0.15) is 0 Å². The van der Waals surface area contributed by atoms with Gasteiger partial charge in [0.1, 0.15) is 12.2 Å². The summed E-state index contributed by atoms with van der Waals surface area (Å²) in [6.45, 7) is 1.77. The topological polar surface area (TPSA) is 79.5 Å². The Kier molecular flexibility index (Phi) is 4.93. The van der Waals surface area contributed by atoms with Crippen LogP contribution in [0.25, 0.3) is 0 Å². The van der Waals surface area contributed by atoms with Crippen molar-refractivity contribution in [1.29, 1.82) is 0 Å². The molecular formula is C20H23NO4. The first-order chi connectivity index (χ1) is 12.0. The van der Waals surface area contributed by atoms with Gasteiger partial charge in [0.25, 0.3) is 5.91 Å². The molecule has 0 bridgehead atoms. The monoisotopic (exact) mass is 341 g/mol. The minimum absolute atomic E-state index is 0.218. The number of furan rings is 1. The highest BCUT2D eigenvalue weighted by Gasteiger charge is 2.36. The molecule has 0 radical (unpaired) electrons. The molecule has 0 spiro atoms. The van der Waals surface area contributed by atoms with Crippen molar-refractivity contribution in [3.8, 4) is 0 Å². The summed E-state index contributed by atoms with van der Waals surface area (Å²) in [5.74, 6) is -1.03. The summed E-state index contributed by atoms with van der Waals surface area (Å²) in [7, 11) is 0. The van der Waals surface area contributed by atoms with E-state index < -0.39 is 5.97 Å². The number of aryl methyl sites for hydroxylation is 1. The molecule has 2 N–H and O–H groups in total. The molecule has 5 heteroatoms. The van der Waals surface area contributed by atoms with Crippen LogP contribution in [0.1, 0.15) is 52.9 Å². The first-order valence-electron chi connectivity index (χ1n) is 8.64. The van der Waals surface area contributed by atoms with Crippen LogP contribution in [0.2, 0.25) is 0 Å². The van der Waals surface area contributed by atoms with Crippen molar-refractivity contribution >= 4 is 11.9 Å². The minimum Gasteiger partial charge on any atom is -0.481 e. The van der Waals surface area contributed by atoms with E-state index in [1.807, 2.05) is 18.2 Å². The van der Waals surface area contributed by atoms with E-state index in [9.17, 15) is 9.59 Å². The molecular weight excluding hydrogens is 318 g/mol. The molecule has 1 fully saturated rings. The zero-order chi connectivity index (χ0) is 17.9. The smallest absolute Gasteiger partial charge is 0.311 e. The van der Waals surface area contributed by atoms with Crippen LogP contribution in [-0.4, -0.2) is 22.5 Å². The van der Waals surface area contributed by atoms with Gasteiger partial charge >= 0.3 is 5.97 Å². The van der Waals surface area contributed by atoms with E-state index in [0.717, 1.165) is 32.1 Å². The number of benzene rings is 1. The van der Waals surface area contributed by atoms with Crippen LogP contribution < -0.4 is 5.32 Å². The highest BCUT2D eigenvalue weighted by atomic mass is 16.4. The van der Waals surface area contributed by atoms with Gasteiger partial charge in [-0.25, -0.2) is 0 Å². The van der Waals surface area contributed by atoms with Crippen molar-refractivity contribution in [3.05, 3.63) is 59.0 Å². The van der Waals surface area contributed by atoms with Gasteiger partial charge in [0, 0.05) is 11.1 Å². The van der Waals surface area contributed by atoms with Crippen molar-refractivity contribution in [3.63, 3.8) is 0 Å². The van der Waals surface area contributed by atoms with Gasteiger partial charge < -0.3 is 14.8 Å². The van der Waals surface area contributed by atoms with Crippen LogP contribution >= 0.6 is 0 Å². The van der Waals surface area contributed by atoms with E-state index in [-0.39, 0.29) is 23.6 Å². The maximum atomic E-state index is 12.9. The lowest BCUT2D eigenvalue weighted by Gasteiger charge is -2.31. The first kappa shape index (κ1) is 17.3. The molecule has 0 unspecified atom stereocenters. The van der Waals surface area contributed by atoms with Gasteiger partial charge in [-0.1, -0.05) is 43.2 Å². The summed E-state index contributed by atoms with van der Waals surface area (Å²) < 4.78 is 5.30. The zero-order valence-corrected chi connectivity index (χ0v) is 14.4. The fraction of sp³-hybridized carbons (Fsp3) is 0.400. The highest BCUT2D eigenvalue weighted by Crippen LogP contribution is 2.33. The number of hydrogen-bond donors (Lipinski definition) is 2. The van der Waals surface area contributed by atoms with Gasteiger partial charge in [0.2, 0.25) is 0 Å². The Hall–Kier alpha value is -2.56. The Balaban J connectivity index is 1.82. The van der Waals surface area contributed by atoms with Crippen molar-refractivity contribution in [1.82, 2.24) is 5.32 Å². The predicted octanol–water partition coefficient (Wildman–Crippen LogP) is 3.50. The second-order valence-electron chi connectivity index (χ2n) is 6.89. The molecule has 3 rings (SSSR count). The molecule has 1 aliphatic rings. The van der Waals surface area contributed by atoms with Crippen molar-refractivity contribution < 1.29 is 19.1 Å². The van der Waals surface area contributed by atoms with E-state index >= 15 is 0 Å². The lowest BCUT2D eigenvalue weighted by molar-refractivity contribution is -0.136. The molecule has 2 aromatic rings. The number of carboxylic acid groups (broad SMARTS) is 1. The van der Waals surface area contributed by atoms with Crippen molar-refractivity contribution in [2.75, 3.05) is 0 Å². The molecule has 1 aromatic carbocycles. The van der Waals surface area contributed by atoms with E-state index in [0.29, 0.717) is 11.1 Å². The number of carboxylic acids is 1. The average molecular weight is 341 g/mol. The first-order valence-corrected chi connectivity index (χ1v) is 8.64. The molecule has 132 valence electrons. The van der Waals surface area contributed by atoms with E-state index in [1.165, 1.54) is 11.8 Å². The molecule has 1 amide bonds. The van der Waals surface area contributed by atoms with Gasteiger partial charge in [-0.15, -0.1) is 0 Å². The fourth-order valence-corrected chi connectivity index (χ4v) is 3.76. The third kappa shape index (κ3) is 3.92.